The Morgan fingerprint density at radius 1 is 0.949 bits per heavy atom. The maximum Gasteiger partial charge on any atom is 0.417 e. The average Bonchev–Trinajstić information content (AvgIpc) is 3.73. The molecule has 3 aliphatic rings. The van der Waals surface area contributed by atoms with E-state index in [2.05, 4.69) is 20.9 Å². The smallest absolute Gasteiger partial charge is 0.381 e. The van der Waals surface area contributed by atoms with Crippen LogP contribution in [0.4, 0.5) is 4.79 Å². The quantitative estimate of drug-likeness (QED) is 0.161. The highest BCUT2D eigenvalue weighted by atomic mass is 32.1. The lowest BCUT2D eigenvalue weighted by Gasteiger charge is -2.33. The Bertz CT molecular complexity index is 1950. The van der Waals surface area contributed by atoms with Gasteiger partial charge in [-0.3, -0.25) is 24.0 Å². The van der Waals surface area contributed by atoms with Crippen molar-refractivity contribution < 1.29 is 43.0 Å². The first-order valence-corrected chi connectivity index (χ1v) is 21.1. The molecule has 3 fully saturated rings. The van der Waals surface area contributed by atoms with E-state index in [1.54, 1.807) is 6.92 Å². The number of nitrogens with zero attached hydrogens (tertiary/aromatic N) is 3. The minimum Gasteiger partial charge on any atom is -0.381 e. The number of thiazole rings is 1. The molecule has 3 aromatic rings. The highest BCUT2D eigenvalue weighted by molar-refractivity contribution is 7.13. The fraction of sp³-hybridized carbons (Fsp3) is 0.512. The summed E-state index contributed by atoms with van der Waals surface area (Å²) in [6, 6.07) is 14.7. The van der Waals surface area contributed by atoms with Gasteiger partial charge in [-0.15, -0.1) is 0 Å². The summed E-state index contributed by atoms with van der Waals surface area (Å²) in [5.74, 6) is -1.96. The first kappa shape index (κ1) is 43.4. The van der Waals surface area contributed by atoms with Gasteiger partial charge >= 0.3 is 6.09 Å². The number of likely N-dealkylation sites (tertiary alicyclic amines) is 1. The van der Waals surface area contributed by atoms with Crippen LogP contribution in [-0.4, -0.2) is 119 Å². The predicted octanol–water partition coefficient (Wildman–Crippen LogP) is 3.24. The van der Waals surface area contributed by atoms with Gasteiger partial charge in [-0.05, 0) is 56.6 Å². The molecule has 0 spiro atoms. The summed E-state index contributed by atoms with van der Waals surface area (Å²) in [5, 5.41) is 8.83. The number of aryl methyl sites for hydroxylation is 1. The minimum absolute atomic E-state index is 0.103. The van der Waals surface area contributed by atoms with Crippen molar-refractivity contribution in [3.8, 4) is 5.19 Å². The number of carbonyl (C=O) groups is 6. The molecule has 0 saturated carbocycles. The summed E-state index contributed by atoms with van der Waals surface area (Å²) in [6.07, 6.45) is 2.37. The summed E-state index contributed by atoms with van der Waals surface area (Å²) in [7, 11) is 0. The monoisotopic (exact) mass is 830 g/mol. The number of hydrogen-bond acceptors (Lipinski definition) is 11. The maximum absolute atomic E-state index is 14.3. The Morgan fingerprint density at radius 3 is 2.25 bits per heavy atom. The van der Waals surface area contributed by atoms with Gasteiger partial charge in [0.15, 0.2) is 5.78 Å². The summed E-state index contributed by atoms with van der Waals surface area (Å²) < 4.78 is 16.1. The van der Waals surface area contributed by atoms with Crippen LogP contribution in [0.15, 0.2) is 66.9 Å². The minimum atomic E-state index is -0.997. The molecule has 6 rings (SSSR count). The number of amides is 5. The van der Waals surface area contributed by atoms with Crippen molar-refractivity contribution in [1.82, 2.24) is 30.7 Å². The molecular formula is C43H54N6O9S. The zero-order valence-corrected chi connectivity index (χ0v) is 34.8. The average molecular weight is 831 g/mol. The Hall–Kier alpha value is -5.19. The number of ether oxygens (including phenoxy) is 3. The molecule has 5 amide bonds. The zero-order chi connectivity index (χ0) is 42.1. The molecule has 3 aliphatic heterocycles. The largest absolute Gasteiger partial charge is 0.417 e. The van der Waals surface area contributed by atoms with E-state index in [-0.39, 0.29) is 42.6 Å². The number of Topliss-reactive ketones (excluding diaryl/α,β-unsaturated/α-hetero) is 1. The highest BCUT2D eigenvalue weighted by Crippen LogP contribution is 2.31. The van der Waals surface area contributed by atoms with Crippen LogP contribution in [0, 0.1) is 5.92 Å². The molecule has 3 N–H and O–H groups in total. The van der Waals surface area contributed by atoms with Gasteiger partial charge in [-0.25, -0.2) is 9.78 Å². The molecule has 15 nitrogen and oxygen atoms in total. The topological polar surface area (TPSA) is 189 Å². The third-order valence-electron chi connectivity index (χ3n) is 10.8. The second kappa shape index (κ2) is 19.7. The van der Waals surface area contributed by atoms with Crippen LogP contribution in [0.3, 0.4) is 0 Å². The molecule has 16 heteroatoms. The Balaban J connectivity index is 1.14. The van der Waals surface area contributed by atoms with Gasteiger partial charge in [0.25, 0.3) is 5.19 Å². The number of carbonyl (C=O) groups excluding carboxylic acids is 6. The molecular weight excluding hydrogens is 777 g/mol. The lowest BCUT2D eigenvalue weighted by molar-refractivity contribution is -0.142. The molecule has 59 heavy (non-hydrogen) atoms. The van der Waals surface area contributed by atoms with Gasteiger partial charge in [0.2, 0.25) is 23.6 Å². The number of nitrogens with one attached hydrogen (secondary N) is 3. The summed E-state index contributed by atoms with van der Waals surface area (Å²) in [4.78, 5) is 89.8. The van der Waals surface area contributed by atoms with Crippen molar-refractivity contribution in [2.75, 3.05) is 32.9 Å². The Morgan fingerprint density at radius 2 is 1.61 bits per heavy atom. The highest BCUT2D eigenvalue weighted by Gasteiger charge is 2.51. The van der Waals surface area contributed by atoms with Gasteiger partial charge in [0.05, 0.1) is 32.3 Å². The third kappa shape index (κ3) is 11.7. The standard InChI is InChI=1S/C43H54N6O9S/c1-27(2)21-33(37(51)43(4)26-57-43)46-39(53)35(23-30-13-9-6-10-14-30)49-28(3)22-34(40(49)54)47-38(52)32(16-15-29-11-7-5-8-12-29)45-36(50)24-31-25-44-41(59-31)58-42(55)48-17-19-56-20-18-48/h5-14,25,27-28,32-35H,15-24,26H2,1-4H3,(H,45,50)(H,46,53)(H,47,52)/t28?,32-,33-,34-,35-,43?/m0/s1. The van der Waals surface area contributed by atoms with E-state index in [9.17, 15) is 28.8 Å². The van der Waals surface area contributed by atoms with E-state index in [1.165, 1.54) is 16.0 Å². The molecule has 0 radical (unpaired) electrons. The van der Waals surface area contributed by atoms with Gasteiger partial charge < -0.3 is 40.0 Å². The van der Waals surface area contributed by atoms with Crippen molar-refractivity contribution in [1.29, 1.82) is 0 Å². The predicted molar refractivity (Wildman–Crippen MR) is 218 cm³/mol. The zero-order valence-electron chi connectivity index (χ0n) is 34.0. The summed E-state index contributed by atoms with van der Waals surface area (Å²) in [5.41, 5.74) is 0.857. The Labute approximate surface area is 348 Å². The third-order valence-corrected chi connectivity index (χ3v) is 11.7. The lowest BCUT2D eigenvalue weighted by atomic mass is 9.92. The van der Waals surface area contributed by atoms with Crippen molar-refractivity contribution >= 4 is 46.8 Å². The van der Waals surface area contributed by atoms with Crippen LogP contribution >= 0.6 is 11.3 Å². The molecule has 3 saturated heterocycles. The number of hydrogen-bond donors (Lipinski definition) is 3. The fourth-order valence-electron chi connectivity index (χ4n) is 7.48. The molecule has 0 bridgehead atoms. The lowest BCUT2D eigenvalue weighted by Crippen LogP contribution is -2.57. The van der Waals surface area contributed by atoms with Crippen molar-refractivity contribution in [3.05, 3.63) is 82.9 Å². The SMILES string of the molecule is CC(C)C[C@H](NC(=O)[C@H](Cc1ccccc1)N1C(=O)[C@@H](NC(=O)[C@H](CCc2ccccc2)NC(=O)Cc2cnc(OC(=O)N3CCOCC3)s2)CC1C)C(=O)C1(C)CO1. The van der Waals surface area contributed by atoms with Crippen LogP contribution in [0.2, 0.25) is 0 Å². The van der Waals surface area contributed by atoms with Gasteiger partial charge in [-0.2, -0.15) is 0 Å². The number of aromatic nitrogens is 1. The molecule has 0 aliphatic carbocycles. The van der Waals surface area contributed by atoms with Crippen LogP contribution in [0.25, 0.3) is 0 Å². The van der Waals surface area contributed by atoms with Crippen LogP contribution in [-0.2, 0) is 52.7 Å². The van der Waals surface area contributed by atoms with E-state index >= 15 is 0 Å². The fourth-order valence-corrected chi connectivity index (χ4v) is 8.23. The molecule has 2 aromatic carbocycles. The summed E-state index contributed by atoms with van der Waals surface area (Å²) in [6.45, 7) is 9.46. The second-order valence-corrected chi connectivity index (χ2v) is 17.1. The normalized spacial score (nSPS) is 21.7. The van der Waals surface area contributed by atoms with Crippen molar-refractivity contribution in [2.24, 2.45) is 5.92 Å². The van der Waals surface area contributed by atoms with Gasteiger partial charge in [0.1, 0.15) is 23.7 Å². The van der Waals surface area contributed by atoms with Gasteiger partial charge in [-0.1, -0.05) is 85.8 Å². The molecule has 4 heterocycles. The number of rotatable bonds is 18. The van der Waals surface area contributed by atoms with Crippen LogP contribution < -0.4 is 20.7 Å². The molecule has 6 atom stereocenters. The van der Waals surface area contributed by atoms with E-state index in [0.29, 0.717) is 50.6 Å². The first-order valence-electron chi connectivity index (χ1n) is 20.3. The van der Waals surface area contributed by atoms with Crippen LogP contribution in [0.5, 0.6) is 5.19 Å². The van der Waals surface area contributed by atoms with Crippen LogP contribution in [0.1, 0.15) is 63.0 Å². The Kier molecular flexibility index (Phi) is 14.5. The van der Waals surface area contributed by atoms with E-state index in [0.717, 1.165) is 22.5 Å². The van der Waals surface area contributed by atoms with Crippen molar-refractivity contribution in [3.63, 3.8) is 0 Å². The van der Waals surface area contributed by atoms with E-state index in [1.807, 2.05) is 81.4 Å². The number of ketones is 1. The number of morpholine rings is 1. The van der Waals surface area contributed by atoms with Crippen molar-refractivity contribution in [2.45, 2.75) is 102 Å². The molecule has 2 unspecified atom stereocenters. The van der Waals surface area contributed by atoms with E-state index in [4.69, 9.17) is 14.2 Å². The maximum atomic E-state index is 14.3. The second-order valence-electron chi connectivity index (χ2n) is 16.1. The first-order chi connectivity index (χ1) is 28.3. The number of epoxide rings is 1. The molecule has 1 aromatic heterocycles. The number of benzene rings is 2. The summed E-state index contributed by atoms with van der Waals surface area (Å²) >= 11 is 1.06. The van der Waals surface area contributed by atoms with Gasteiger partial charge in [0, 0.05) is 36.6 Å². The molecule has 316 valence electrons. The van der Waals surface area contributed by atoms with E-state index < -0.39 is 65.5 Å².